The average Bonchev–Trinajstić information content (AvgIpc) is 2.66. The van der Waals surface area contributed by atoms with E-state index in [1.165, 1.54) is 12.1 Å². The number of benzene rings is 2. The van der Waals surface area contributed by atoms with Crippen molar-refractivity contribution >= 4 is 11.6 Å². The van der Waals surface area contributed by atoms with Crippen molar-refractivity contribution in [3.63, 3.8) is 0 Å². The lowest BCUT2D eigenvalue weighted by molar-refractivity contribution is 0.0946. The van der Waals surface area contributed by atoms with Crippen LogP contribution in [-0.4, -0.2) is 10.9 Å². The molecule has 1 heterocycles. The average molecular weight is 349 g/mol. The first-order chi connectivity index (χ1) is 12.6. The van der Waals surface area contributed by atoms with Crippen LogP contribution in [0.15, 0.2) is 66.9 Å². The molecular formula is C21H20FN3O. The highest BCUT2D eigenvalue weighted by atomic mass is 19.1. The summed E-state index contributed by atoms with van der Waals surface area (Å²) in [6.07, 6.45) is 1.62. The zero-order valence-electron chi connectivity index (χ0n) is 14.5. The normalized spacial score (nSPS) is 10.4. The van der Waals surface area contributed by atoms with Crippen LogP contribution in [-0.2, 0) is 13.1 Å². The molecule has 5 heteroatoms. The molecule has 0 saturated carbocycles. The van der Waals surface area contributed by atoms with Crippen LogP contribution in [0.1, 0.15) is 27.2 Å². The number of carbonyl (C=O) groups is 1. The van der Waals surface area contributed by atoms with Gasteiger partial charge in [-0.2, -0.15) is 0 Å². The Balaban J connectivity index is 1.53. The van der Waals surface area contributed by atoms with E-state index < -0.39 is 0 Å². The van der Waals surface area contributed by atoms with Crippen molar-refractivity contribution < 1.29 is 9.18 Å². The molecule has 0 spiro atoms. The van der Waals surface area contributed by atoms with Gasteiger partial charge in [0.05, 0.1) is 11.9 Å². The van der Waals surface area contributed by atoms with Gasteiger partial charge in [0.25, 0.3) is 5.91 Å². The number of aryl methyl sites for hydroxylation is 1. The Labute approximate surface area is 152 Å². The Hall–Kier alpha value is -3.21. The molecule has 0 bridgehead atoms. The molecule has 0 aliphatic rings. The first kappa shape index (κ1) is 17.6. The monoisotopic (exact) mass is 349 g/mol. The maximum atomic E-state index is 12.9. The SMILES string of the molecule is Cc1cccc(CNC(=O)c2ccc(NCc3ccc(F)cc3)cn2)c1. The summed E-state index contributed by atoms with van der Waals surface area (Å²) in [5.74, 6) is -0.465. The van der Waals surface area contributed by atoms with Crippen LogP contribution in [0.3, 0.4) is 0 Å². The van der Waals surface area contributed by atoms with E-state index in [9.17, 15) is 9.18 Å². The molecule has 4 nitrogen and oxygen atoms in total. The topological polar surface area (TPSA) is 54.0 Å². The van der Waals surface area contributed by atoms with Gasteiger partial charge in [-0.3, -0.25) is 4.79 Å². The van der Waals surface area contributed by atoms with E-state index in [1.54, 1.807) is 30.5 Å². The highest BCUT2D eigenvalue weighted by Gasteiger charge is 2.07. The van der Waals surface area contributed by atoms with Gasteiger partial charge in [-0.15, -0.1) is 0 Å². The van der Waals surface area contributed by atoms with Gasteiger partial charge in [-0.05, 0) is 42.3 Å². The van der Waals surface area contributed by atoms with Crippen LogP contribution < -0.4 is 10.6 Å². The Morgan fingerprint density at radius 2 is 1.81 bits per heavy atom. The van der Waals surface area contributed by atoms with Crippen LogP contribution in [0.2, 0.25) is 0 Å². The molecule has 0 unspecified atom stereocenters. The zero-order chi connectivity index (χ0) is 18.4. The second kappa shape index (κ2) is 8.25. The summed E-state index contributed by atoms with van der Waals surface area (Å²) < 4.78 is 12.9. The number of halogens is 1. The molecule has 0 atom stereocenters. The molecule has 3 aromatic rings. The van der Waals surface area contributed by atoms with Crippen LogP contribution in [0.5, 0.6) is 0 Å². The zero-order valence-corrected chi connectivity index (χ0v) is 14.5. The van der Waals surface area contributed by atoms with E-state index in [4.69, 9.17) is 0 Å². The number of anilines is 1. The second-order valence-corrected chi connectivity index (χ2v) is 6.08. The molecule has 0 saturated heterocycles. The molecule has 132 valence electrons. The molecule has 0 fully saturated rings. The molecule has 1 aromatic heterocycles. The van der Waals surface area contributed by atoms with Gasteiger partial charge in [-0.25, -0.2) is 9.37 Å². The van der Waals surface area contributed by atoms with Gasteiger partial charge < -0.3 is 10.6 Å². The number of hydrogen-bond donors (Lipinski definition) is 2. The fourth-order valence-electron chi connectivity index (χ4n) is 2.53. The molecule has 26 heavy (non-hydrogen) atoms. The number of amides is 1. The van der Waals surface area contributed by atoms with E-state index in [0.717, 1.165) is 22.4 Å². The van der Waals surface area contributed by atoms with E-state index >= 15 is 0 Å². The van der Waals surface area contributed by atoms with Crippen molar-refractivity contribution in [3.05, 3.63) is 95.1 Å². The van der Waals surface area contributed by atoms with Crippen molar-refractivity contribution in [3.8, 4) is 0 Å². The van der Waals surface area contributed by atoms with E-state index in [-0.39, 0.29) is 11.7 Å². The number of nitrogens with zero attached hydrogens (tertiary/aromatic N) is 1. The number of rotatable bonds is 6. The molecule has 2 N–H and O–H groups in total. The molecule has 2 aromatic carbocycles. The lowest BCUT2D eigenvalue weighted by atomic mass is 10.1. The quantitative estimate of drug-likeness (QED) is 0.705. The minimum atomic E-state index is -0.253. The summed E-state index contributed by atoms with van der Waals surface area (Å²) in [4.78, 5) is 16.4. The minimum absolute atomic E-state index is 0.211. The first-order valence-electron chi connectivity index (χ1n) is 8.38. The van der Waals surface area contributed by atoms with Crippen LogP contribution in [0.4, 0.5) is 10.1 Å². The summed E-state index contributed by atoms with van der Waals surface area (Å²) in [5.41, 5.74) is 4.34. The van der Waals surface area contributed by atoms with E-state index in [1.807, 2.05) is 31.2 Å². The van der Waals surface area contributed by atoms with E-state index in [0.29, 0.717) is 18.8 Å². The molecular weight excluding hydrogens is 329 g/mol. The number of aromatic nitrogens is 1. The molecule has 0 aliphatic carbocycles. The molecule has 1 amide bonds. The predicted molar refractivity (Wildman–Crippen MR) is 100 cm³/mol. The Morgan fingerprint density at radius 3 is 2.50 bits per heavy atom. The second-order valence-electron chi connectivity index (χ2n) is 6.08. The van der Waals surface area contributed by atoms with Crippen LogP contribution in [0, 0.1) is 12.7 Å². The van der Waals surface area contributed by atoms with Gasteiger partial charge in [0.2, 0.25) is 0 Å². The summed E-state index contributed by atoms with van der Waals surface area (Å²) in [6, 6.07) is 17.8. The Bertz CT molecular complexity index is 877. The molecule has 3 rings (SSSR count). The number of hydrogen-bond acceptors (Lipinski definition) is 3. The smallest absolute Gasteiger partial charge is 0.270 e. The van der Waals surface area contributed by atoms with Gasteiger partial charge in [-0.1, -0.05) is 42.0 Å². The third kappa shape index (κ3) is 4.89. The standard InChI is InChI=1S/C21H20FN3O/c1-15-3-2-4-17(11-15)13-25-21(26)20-10-9-19(14-24-20)23-12-16-5-7-18(22)8-6-16/h2-11,14,23H,12-13H2,1H3,(H,25,26). The largest absolute Gasteiger partial charge is 0.380 e. The lowest BCUT2D eigenvalue weighted by Crippen LogP contribution is -2.23. The Kier molecular flexibility index (Phi) is 5.59. The minimum Gasteiger partial charge on any atom is -0.380 e. The third-order valence-electron chi connectivity index (χ3n) is 3.94. The van der Waals surface area contributed by atoms with Crippen LogP contribution in [0.25, 0.3) is 0 Å². The van der Waals surface area contributed by atoms with Gasteiger partial charge in [0.1, 0.15) is 11.5 Å². The van der Waals surface area contributed by atoms with Crippen LogP contribution >= 0.6 is 0 Å². The Morgan fingerprint density at radius 1 is 1.00 bits per heavy atom. The predicted octanol–water partition coefficient (Wildman–Crippen LogP) is 4.07. The van der Waals surface area contributed by atoms with Crippen molar-refractivity contribution in [1.82, 2.24) is 10.3 Å². The van der Waals surface area contributed by atoms with Gasteiger partial charge in [0.15, 0.2) is 0 Å². The van der Waals surface area contributed by atoms with Crippen molar-refractivity contribution in [2.45, 2.75) is 20.0 Å². The fraction of sp³-hybridized carbons (Fsp3) is 0.143. The van der Waals surface area contributed by atoms with Crippen molar-refractivity contribution in [2.75, 3.05) is 5.32 Å². The van der Waals surface area contributed by atoms with Gasteiger partial charge in [0, 0.05) is 13.1 Å². The molecule has 0 radical (unpaired) electrons. The number of carbonyl (C=O) groups excluding carboxylic acids is 1. The van der Waals surface area contributed by atoms with Gasteiger partial charge >= 0.3 is 0 Å². The number of pyridine rings is 1. The first-order valence-corrected chi connectivity index (χ1v) is 8.38. The summed E-state index contributed by atoms with van der Waals surface area (Å²) >= 11 is 0. The maximum absolute atomic E-state index is 12.9. The molecule has 0 aliphatic heterocycles. The third-order valence-corrected chi connectivity index (χ3v) is 3.94. The lowest BCUT2D eigenvalue weighted by Gasteiger charge is -2.08. The summed E-state index contributed by atoms with van der Waals surface area (Å²) in [6.45, 7) is 3.04. The van der Waals surface area contributed by atoms with Crippen molar-refractivity contribution in [2.24, 2.45) is 0 Å². The summed E-state index contributed by atoms with van der Waals surface area (Å²) in [7, 11) is 0. The highest BCUT2D eigenvalue weighted by Crippen LogP contribution is 2.10. The maximum Gasteiger partial charge on any atom is 0.270 e. The van der Waals surface area contributed by atoms with Crippen molar-refractivity contribution in [1.29, 1.82) is 0 Å². The number of nitrogens with one attached hydrogen (secondary N) is 2. The van der Waals surface area contributed by atoms with E-state index in [2.05, 4.69) is 15.6 Å². The highest BCUT2D eigenvalue weighted by molar-refractivity contribution is 5.92. The summed E-state index contributed by atoms with van der Waals surface area (Å²) in [5, 5.41) is 6.06. The fourth-order valence-corrected chi connectivity index (χ4v) is 2.53.